The van der Waals surface area contributed by atoms with E-state index in [1.807, 2.05) is 0 Å². The second-order valence-electron chi connectivity index (χ2n) is 3.26. The van der Waals surface area contributed by atoms with Crippen LogP contribution in [0.4, 0.5) is 13.2 Å². The van der Waals surface area contributed by atoms with Gasteiger partial charge in [0.2, 0.25) is 0 Å². The van der Waals surface area contributed by atoms with E-state index in [-0.39, 0.29) is 12.6 Å². The van der Waals surface area contributed by atoms with E-state index in [1.54, 1.807) is 0 Å². The van der Waals surface area contributed by atoms with E-state index in [9.17, 15) is 13.2 Å². The second kappa shape index (κ2) is 3.97. The molecule has 74 valence electrons. The number of nitrogens with zero attached hydrogens (tertiary/aromatic N) is 1. The van der Waals surface area contributed by atoms with Gasteiger partial charge in [-0.3, -0.25) is 0 Å². The standard InChI is InChI=1S/C8H11F3N2/c9-8(10,11)6(4-12)5-13-7-2-1-3-7/h6-7,13H,1-3,5H2. The Morgan fingerprint density at radius 2 is 2.08 bits per heavy atom. The summed E-state index contributed by atoms with van der Waals surface area (Å²) in [4.78, 5) is 0. The van der Waals surface area contributed by atoms with E-state index in [0.29, 0.717) is 0 Å². The Balaban J connectivity index is 2.28. The monoisotopic (exact) mass is 192 g/mol. The molecule has 2 nitrogen and oxygen atoms in total. The fourth-order valence-corrected chi connectivity index (χ4v) is 1.13. The molecule has 5 heteroatoms. The zero-order valence-electron chi connectivity index (χ0n) is 7.06. The molecule has 1 aliphatic carbocycles. The molecule has 0 heterocycles. The van der Waals surface area contributed by atoms with Crippen LogP contribution >= 0.6 is 0 Å². The largest absolute Gasteiger partial charge is 0.405 e. The molecule has 1 fully saturated rings. The van der Waals surface area contributed by atoms with Crippen LogP contribution in [0, 0.1) is 17.2 Å². The summed E-state index contributed by atoms with van der Waals surface area (Å²) < 4.78 is 36.1. The number of halogens is 3. The summed E-state index contributed by atoms with van der Waals surface area (Å²) in [5.41, 5.74) is 0. The third-order valence-corrected chi connectivity index (χ3v) is 2.27. The molecule has 13 heavy (non-hydrogen) atoms. The Morgan fingerprint density at radius 1 is 1.46 bits per heavy atom. The Morgan fingerprint density at radius 3 is 2.38 bits per heavy atom. The van der Waals surface area contributed by atoms with Crippen LogP contribution in [0.25, 0.3) is 0 Å². The first-order valence-corrected chi connectivity index (χ1v) is 4.23. The summed E-state index contributed by atoms with van der Waals surface area (Å²) in [6.07, 6.45) is -1.47. The number of nitriles is 1. The minimum Gasteiger partial charge on any atom is -0.312 e. The highest BCUT2D eigenvalue weighted by Gasteiger charge is 2.40. The predicted molar refractivity (Wildman–Crippen MR) is 40.8 cm³/mol. The van der Waals surface area contributed by atoms with Crippen LogP contribution in [-0.4, -0.2) is 18.8 Å². The fourth-order valence-electron chi connectivity index (χ4n) is 1.13. The number of nitrogens with one attached hydrogen (secondary N) is 1. The van der Waals surface area contributed by atoms with E-state index >= 15 is 0 Å². The summed E-state index contributed by atoms with van der Waals surface area (Å²) in [5.74, 6) is -1.87. The lowest BCUT2D eigenvalue weighted by molar-refractivity contribution is -0.158. The molecule has 1 unspecified atom stereocenters. The molecule has 0 aromatic carbocycles. The van der Waals surface area contributed by atoms with Crippen molar-refractivity contribution >= 4 is 0 Å². The molecule has 1 aliphatic rings. The van der Waals surface area contributed by atoms with Crippen molar-refractivity contribution in [1.29, 1.82) is 5.26 Å². The van der Waals surface area contributed by atoms with E-state index in [4.69, 9.17) is 5.26 Å². The predicted octanol–water partition coefficient (Wildman–Crippen LogP) is 1.83. The van der Waals surface area contributed by atoms with Gasteiger partial charge in [0.05, 0.1) is 6.07 Å². The van der Waals surface area contributed by atoms with Gasteiger partial charge in [0.25, 0.3) is 0 Å². The van der Waals surface area contributed by atoms with Crippen LogP contribution in [0.1, 0.15) is 19.3 Å². The summed E-state index contributed by atoms with van der Waals surface area (Å²) in [6, 6.07) is 1.45. The van der Waals surface area contributed by atoms with E-state index in [0.717, 1.165) is 19.3 Å². The number of hydrogen-bond acceptors (Lipinski definition) is 2. The van der Waals surface area contributed by atoms with Crippen molar-refractivity contribution in [2.45, 2.75) is 31.5 Å². The third kappa shape index (κ3) is 2.88. The van der Waals surface area contributed by atoms with Crippen LogP contribution in [0.2, 0.25) is 0 Å². The molecule has 0 radical (unpaired) electrons. The van der Waals surface area contributed by atoms with Gasteiger partial charge in [0.1, 0.15) is 0 Å². The quantitative estimate of drug-likeness (QED) is 0.740. The van der Waals surface area contributed by atoms with Gasteiger partial charge in [-0.15, -0.1) is 0 Å². The maximum absolute atomic E-state index is 12.0. The van der Waals surface area contributed by atoms with Gasteiger partial charge in [0.15, 0.2) is 5.92 Å². The van der Waals surface area contributed by atoms with Crippen LogP contribution in [0.3, 0.4) is 0 Å². The van der Waals surface area contributed by atoms with Crippen LogP contribution in [0.5, 0.6) is 0 Å². The summed E-state index contributed by atoms with van der Waals surface area (Å²) in [7, 11) is 0. The topological polar surface area (TPSA) is 35.8 Å². The molecule has 0 amide bonds. The third-order valence-electron chi connectivity index (χ3n) is 2.27. The first-order valence-electron chi connectivity index (χ1n) is 4.23. The molecular weight excluding hydrogens is 181 g/mol. The Kier molecular flexibility index (Phi) is 3.15. The van der Waals surface area contributed by atoms with E-state index < -0.39 is 12.1 Å². The molecule has 1 atom stereocenters. The highest BCUT2D eigenvalue weighted by molar-refractivity contribution is 4.91. The first kappa shape index (κ1) is 10.3. The first-order chi connectivity index (χ1) is 6.04. The maximum Gasteiger partial charge on any atom is 0.405 e. The zero-order valence-corrected chi connectivity index (χ0v) is 7.06. The van der Waals surface area contributed by atoms with Gasteiger partial charge in [-0.25, -0.2) is 0 Å². The van der Waals surface area contributed by atoms with Crippen molar-refractivity contribution in [3.8, 4) is 6.07 Å². The molecule has 0 aromatic heterocycles. The maximum atomic E-state index is 12.0. The molecule has 0 saturated heterocycles. The molecule has 0 aromatic rings. The van der Waals surface area contributed by atoms with Gasteiger partial charge >= 0.3 is 6.18 Å². The minimum atomic E-state index is -4.40. The molecule has 1 rings (SSSR count). The van der Waals surface area contributed by atoms with Crippen molar-refractivity contribution in [3.05, 3.63) is 0 Å². The van der Waals surface area contributed by atoms with Gasteiger partial charge in [0, 0.05) is 12.6 Å². The fraction of sp³-hybridized carbons (Fsp3) is 0.875. The molecule has 0 spiro atoms. The van der Waals surface area contributed by atoms with Crippen LogP contribution in [-0.2, 0) is 0 Å². The lowest BCUT2D eigenvalue weighted by Gasteiger charge is -2.27. The van der Waals surface area contributed by atoms with E-state index in [1.165, 1.54) is 6.07 Å². The molecule has 0 aliphatic heterocycles. The Labute approximate surface area is 74.7 Å². The zero-order chi connectivity index (χ0) is 9.90. The Bertz CT molecular complexity index is 202. The van der Waals surface area contributed by atoms with Crippen molar-refractivity contribution in [2.75, 3.05) is 6.54 Å². The lowest BCUT2D eigenvalue weighted by atomic mass is 9.93. The number of alkyl halides is 3. The van der Waals surface area contributed by atoms with Crippen LogP contribution < -0.4 is 5.32 Å². The van der Waals surface area contributed by atoms with Gasteiger partial charge < -0.3 is 5.32 Å². The van der Waals surface area contributed by atoms with Crippen LogP contribution in [0.15, 0.2) is 0 Å². The highest BCUT2D eigenvalue weighted by Crippen LogP contribution is 2.26. The van der Waals surface area contributed by atoms with Gasteiger partial charge in [-0.05, 0) is 12.8 Å². The Hall–Kier alpha value is -0.760. The molecule has 1 saturated carbocycles. The summed E-state index contributed by atoms with van der Waals surface area (Å²) >= 11 is 0. The second-order valence-corrected chi connectivity index (χ2v) is 3.26. The lowest BCUT2D eigenvalue weighted by Crippen LogP contribution is -2.41. The minimum absolute atomic E-state index is 0.193. The van der Waals surface area contributed by atoms with Gasteiger partial charge in [-0.2, -0.15) is 18.4 Å². The molecule has 1 N–H and O–H groups in total. The average Bonchev–Trinajstić information content (AvgIpc) is 1.91. The average molecular weight is 192 g/mol. The van der Waals surface area contributed by atoms with Crippen molar-refractivity contribution in [1.82, 2.24) is 5.32 Å². The van der Waals surface area contributed by atoms with Gasteiger partial charge in [-0.1, -0.05) is 6.42 Å². The SMILES string of the molecule is N#CC(CNC1CCC1)C(F)(F)F. The summed E-state index contributed by atoms with van der Waals surface area (Å²) in [6.45, 7) is -0.273. The number of rotatable bonds is 3. The highest BCUT2D eigenvalue weighted by atomic mass is 19.4. The normalized spacial score (nSPS) is 20.5. The summed E-state index contributed by atoms with van der Waals surface area (Å²) in [5, 5.41) is 11.0. The molecule has 0 bridgehead atoms. The van der Waals surface area contributed by atoms with Crippen molar-refractivity contribution in [3.63, 3.8) is 0 Å². The number of hydrogen-bond donors (Lipinski definition) is 1. The van der Waals surface area contributed by atoms with Crippen molar-refractivity contribution < 1.29 is 13.2 Å². The van der Waals surface area contributed by atoms with E-state index in [2.05, 4.69) is 5.32 Å². The van der Waals surface area contributed by atoms with Crippen molar-refractivity contribution in [2.24, 2.45) is 5.92 Å². The molecular formula is C8H11F3N2. The smallest absolute Gasteiger partial charge is 0.312 e.